The Kier molecular flexibility index (Phi) is 7.94. The van der Waals surface area contributed by atoms with E-state index >= 15 is 0 Å². The van der Waals surface area contributed by atoms with Gasteiger partial charge in [0.2, 0.25) is 5.91 Å². The second-order valence-electron chi connectivity index (χ2n) is 11.6. The van der Waals surface area contributed by atoms with Crippen LogP contribution < -0.4 is 9.47 Å². The van der Waals surface area contributed by atoms with E-state index in [9.17, 15) is 19.5 Å². The van der Waals surface area contributed by atoms with Gasteiger partial charge in [0.1, 0.15) is 41.6 Å². The molecular formula is C30H37NO7S. The molecule has 2 aliphatic heterocycles. The van der Waals surface area contributed by atoms with Crippen LogP contribution in [0.4, 0.5) is 4.79 Å². The molecule has 8 nitrogen and oxygen atoms in total. The third-order valence-electron chi connectivity index (χ3n) is 7.19. The van der Waals surface area contributed by atoms with Crippen LogP contribution >= 0.6 is 11.8 Å². The predicted molar refractivity (Wildman–Crippen MR) is 150 cm³/mol. The monoisotopic (exact) mass is 555 g/mol. The number of thioether (sulfide) groups is 1. The van der Waals surface area contributed by atoms with E-state index in [0.717, 1.165) is 63.1 Å². The number of nitrogens with zero attached hydrogens (tertiary/aromatic N) is 1. The van der Waals surface area contributed by atoms with Gasteiger partial charge in [-0.2, -0.15) is 0 Å². The molecule has 4 rings (SSSR count). The highest BCUT2D eigenvalue weighted by Gasteiger charge is 2.41. The van der Waals surface area contributed by atoms with E-state index in [1.807, 2.05) is 52.0 Å². The summed E-state index contributed by atoms with van der Waals surface area (Å²) in [5.74, 6) is 0.867. The summed E-state index contributed by atoms with van der Waals surface area (Å²) in [6.07, 6.45) is 1.92. The summed E-state index contributed by atoms with van der Waals surface area (Å²) in [6, 6.07) is 7.45. The molecule has 0 aliphatic carbocycles. The minimum absolute atomic E-state index is 0.340. The van der Waals surface area contributed by atoms with Gasteiger partial charge in [-0.15, -0.1) is 0 Å². The van der Waals surface area contributed by atoms with Gasteiger partial charge in [-0.05, 0) is 102 Å². The zero-order chi connectivity index (χ0) is 28.7. The third kappa shape index (κ3) is 6.35. The molecule has 2 unspecified atom stereocenters. The number of phenolic OH excluding ortho intramolecular Hbond substituents is 1. The fourth-order valence-electron chi connectivity index (χ4n) is 4.84. The lowest BCUT2D eigenvalue weighted by Gasteiger charge is -2.37. The van der Waals surface area contributed by atoms with Gasteiger partial charge >= 0.3 is 5.97 Å². The molecule has 9 heteroatoms. The van der Waals surface area contributed by atoms with Crippen molar-refractivity contribution in [3.8, 4) is 17.2 Å². The molecular weight excluding hydrogens is 518 g/mol. The number of benzene rings is 2. The molecule has 0 saturated carbocycles. The lowest BCUT2D eigenvalue weighted by Crippen LogP contribution is -2.42. The van der Waals surface area contributed by atoms with Gasteiger partial charge in [-0.3, -0.25) is 19.3 Å². The number of fused-ring (bicyclic) bond motifs is 1. The molecule has 2 heterocycles. The first-order valence-corrected chi connectivity index (χ1v) is 14.0. The maximum atomic E-state index is 12.8. The zero-order valence-electron chi connectivity index (χ0n) is 23.7. The Bertz CT molecular complexity index is 1300. The second-order valence-corrected chi connectivity index (χ2v) is 12.8. The zero-order valence-corrected chi connectivity index (χ0v) is 24.5. The molecule has 1 N–H and O–H groups in total. The first kappa shape index (κ1) is 28.8. The van der Waals surface area contributed by atoms with E-state index in [1.165, 1.54) is 0 Å². The largest absolute Gasteiger partial charge is 0.507 e. The van der Waals surface area contributed by atoms with Crippen molar-refractivity contribution in [1.29, 1.82) is 0 Å². The smallest absolute Gasteiger partial charge is 0.326 e. The fourth-order valence-corrected chi connectivity index (χ4v) is 5.87. The number of hydrogen-bond acceptors (Lipinski definition) is 8. The van der Waals surface area contributed by atoms with Crippen LogP contribution in [0.2, 0.25) is 0 Å². The van der Waals surface area contributed by atoms with Gasteiger partial charge in [0.25, 0.3) is 5.24 Å². The number of carbonyl (C=O) groups is 3. The first-order chi connectivity index (χ1) is 18.2. The van der Waals surface area contributed by atoms with Gasteiger partial charge < -0.3 is 19.3 Å². The number of amides is 2. The lowest BCUT2D eigenvalue weighted by atomic mass is 9.87. The Balaban J connectivity index is 1.34. The fraction of sp³-hybridized carbons (Fsp3) is 0.500. The topological polar surface area (TPSA) is 102 Å². The highest BCUT2D eigenvalue weighted by atomic mass is 32.2. The van der Waals surface area contributed by atoms with Crippen molar-refractivity contribution in [3.05, 3.63) is 52.1 Å². The van der Waals surface area contributed by atoms with Crippen LogP contribution in [0.15, 0.2) is 24.3 Å². The van der Waals surface area contributed by atoms with Crippen molar-refractivity contribution in [2.45, 2.75) is 84.2 Å². The second kappa shape index (κ2) is 10.8. The van der Waals surface area contributed by atoms with Crippen LogP contribution in [0.25, 0.3) is 0 Å². The van der Waals surface area contributed by atoms with E-state index in [-0.39, 0.29) is 12.5 Å². The molecule has 2 aromatic carbocycles. The van der Waals surface area contributed by atoms with Crippen molar-refractivity contribution >= 4 is 28.9 Å². The normalized spacial score (nSPS) is 21.0. The summed E-state index contributed by atoms with van der Waals surface area (Å²) < 4.78 is 17.8. The molecule has 0 aromatic heterocycles. The Labute approximate surface area is 234 Å². The summed E-state index contributed by atoms with van der Waals surface area (Å²) in [4.78, 5) is 38.3. The lowest BCUT2D eigenvalue weighted by molar-refractivity contribution is -0.157. The molecule has 2 atom stereocenters. The molecule has 0 bridgehead atoms. The Morgan fingerprint density at radius 1 is 1.13 bits per heavy atom. The minimum Gasteiger partial charge on any atom is -0.507 e. The molecule has 0 radical (unpaired) electrons. The number of phenols is 1. The minimum atomic E-state index is -0.689. The van der Waals surface area contributed by atoms with E-state index in [0.29, 0.717) is 24.5 Å². The van der Waals surface area contributed by atoms with Crippen LogP contribution in [0.1, 0.15) is 61.9 Å². The predicted octanol–water partition coefficient (Wildman–Crippen LogP) is 5.43. The van der Waals surface area contributed by atoms with Gasteiger partial charge in [0.15, 0.2) is 0 Å². The Hall–Kier alpha value is -3.20. The van der Waals surface area contributed by atoms with Crippen molar-refractivity contribution in [2.24, 2.45) is 0 Å². The van der Waals surface area contributed by atoms with E-state index in [4.69, 9.17) is 14.2 Å². The van der Waals surface area contributed by atoms with Crippen molar-refractivity contribution in [3.63, 3.8) is 0 Å². The number of imide groups is 1. The van der Waals surface area contributed by atoms with Crippen LogP contribution in [-0.4, -0.2) is 56.7 Å². The van der Waals surface area contributed by atoms with Crippen molar-refractivity contribution in [2.75, 3.05) is 13.2 Å². The van der Waals surface area contributed by atoms with E-state index < -0.39 is 27.7 Å². The SMILES string of the molecule is Cc1c(C)c2c(c(C)c1O)CCC(C)(COc1ccc(CC3SC(=O)N(CC(=O)OC(C)(C)C)C3=O)cc1)O2. The number of aromatic hydroxyl groups is 1. The van der Waals surface area contributed by atoms with Crippen LogP contribution in [-0.2, 0) is 27.2 Å². The molecule has 2 amide bonds. The highest BCUT2D eigenvalue weighted by Crippen LogP contribution is 2.43. The molecule has 0 spiro atoms. The number of hydrogen-bond donors (Lipinski definition) is 1. The highest BCUT2D eigenvalue weighted by molar-refractivity contribution is 8.15. The maximum absolute atomic E-state index is 12.8. The molecule has 1 saturated heterocycles. The van der Waals surface area contributed by atoms with Crippen molar-refractivity contribution in [1.82, 2.24) is 4.90 Å². The van der Waals surface area contributed by atoms with Gasteiger partial charge in [-0.25, -0.2) is 0 Å². The number of rotatable bonds is 7. The summed E-state index contributed by atoms with van der Waals surface area (Å²) in [5, 5.41) is 9.39. The number of esters is 1. The molecule has 39 heavy (non-hydrogen) atoms. The number of carbonyl (C=O) groups excluding carboxylic acids is 3. The number of ether oxygens (including phenoxy) is 3. The Morgan fingerprint density at radius 2 is 1.79 bits per heavy atom. The third-order valence-corrected chi connectivity index (χ3v) is 8.27. The Morgan fingerprint density at radius 3 is 2.44 bits per heavy atom. The average molecular weight is 556 g/mol. The molecule has 2 aliphatic rings. The standard InChI is InChI=1S/C30H37NO7S/c1-17-18(2)26-22(19(3)25(17)33)12-13-30(7,38-26)16-36-21-10-8-20(9-11-21)14-23-27(34)31(28(35)39-23)15-24(32)37-29(4,5)6/h8-11,23,33H,12-16H2,1-7H3. The van der Waals surface area contributed by atoms with Crippen LogP contribution in [0.3, 0.4) is 0 Å². The summed E-state index contributed by atoms with van der Waals surface area (Å²) in [6.45, 7) is 13.0. The average Bonchev–Trinajstić information content (AvgIpc) is 3.12. The first-order valence-electron chi connectivity index (χ1n) is 13.1. The van der Waals surface area contributed by atoms with E-state index in [2.05, 4.69) is 0 Å². The van der Waals surface area contributed by atoms with Gasteiger partial charge in [-0.1, -0.05) is 23.9 Å². The van der Waals surface area contributed by atoms with Crippen LogP contribution in [0, 0.1) is 20.8 Å². The van der Waals surface area contributed by atoms with Crippen LogP contribution in [0.5, 0.6) is 17.2 Å². The summed E-state index contributed by atoms with van der Waals surface area (Å²) in [7, 11) is 0. The van der Waals surface area contributed by atoms with Crippen molar-refractivity contribution < 1.29 is 33.7 Å². The quantitative estimate of drug-likeness (QED) is 0.452. The molecule has 1 fully saturated rings. The van der Waals surface area contributed by atoms with E-state index in [1.54, 1.807) is 20.8 Å². The van der Waals surface area contributed by atoms with Gasteiger partial charge in [0, 0.05) is 5.56 Å². The molecule has 210 valence electrons. The summed E-state index contributed by atoms with van der Waals surface area (Å²) >= 11 is 0.934. The van der Waals surface area contributed by atoms with Gasteiger partial charge in [0.05, 0.1) is 5.25 Å². The molecule has 2 aromatic rings. The summed E-state index contributed by atoms with van der Waals surface area (Å²) in [5.41, 5.74) is 3.39. The maximum Gasteiger partial charge on any atom is 0.326 e.